The van der Waals surface area contributed by atoms with Gasteiger partial charge in [-0.3, -0.25) is 0 Å². The standard InChI is InChI=1S/C8H8F3N3O2/c9-8(10,11)5-1-6(14-7(12)13-5)16-4-2-15-3-4/h1,4H,2-3H2,(H2,12,13,14). The average molecular weight is 235 g/mol. The van der Waals surface area contributed by atoms with E-state index in [1.54, 1.807) is 0 Å². The molecule has 0 spiro atoms. The van der Waals surface area contributed by atoms with E-state index in [0.29, 0.717) is 19.3 Å². The van der Waals surface area contributed by atoms with Gasteiger partial charge >= 0.3 is 6.18 Å². The number of anilines is 1. The molecule has 1 aliphatic heterocycles. The molecule has 0 aromatic carbocycles. The van der Waals surface area contributed by atoms with Crippen LogP contribution in [0.3, 0.4) is 0 Å². The molecule has 2 rings (SSSR count). The number of hydrogen-bond acceptors (Lipinski definition) is 5. The highest BCUT2D eigenvalue weighted by molar-refractivity contribution is 5.27. The second-order valence-electron chi connectivity index (χ2n) is 3.22. The van der Waals surface area contributed by atoms with Crippen LogP contribution in [0.15, 0.2) is 6.07 Å². The molecule has 1 fully saturated rings. The van der Waals surface area contributed by atoms with E-state index in [0.717, 1.165) is 0 Å². The maximum absolute atomic E-state index is 12.4. The number of alkyl halides is 3. The number of hydrogen-bond donors (Lipinski definition) is 1. The lowest BCUT2D eigenvalue weighted by Crippen LogP contribution is -2.38. The lowest BCUT2D eigenvalue weighted by molar-refractivity contribution is -0.141. The third-order valence-electron chi connectivity index (χ3n) is 1.91. The Morgan fingerprint density at radius 3 is 2.56 bits per heavy atom. The molecule has 1 aliphatic rings. The first-order chi connectivity index (χ1) is 7.45. The molecule has 88 valence electrons. The summed E-state index contributed by atoms with van der Waals surface area (Å²) in [5.74, 6) is -0.654. The molecular weight excluding hydrogens is 227 g/mol. The Balaban J connectivity index is 2.21. The lowest BCUT2D eigenvalue weighted by atomic mass is 10.3. The molecule has 1 aromatic heterocycles. The van der Waals surface area contributed by atoms with Crippen molar-refractivity contribution in [1.82, 2.24) is 9.97 Å². The van der Waals surface area contributed by atoms with E-state index >= 15 is 0 Å². The van der Waals surface area contributed by atoms with E-state index in [-0.39, 0.29) is 12.0 Å². The minimum atomic E-state index is -4.56. The van der Waals surface area contributed by atoms with Crippen LogP contribution in [0, 0.1) is 0 Å². The van der Waals surface area contributed by atoms with Crippen LogP contribution in [0.4, 0.5) is 19.1 Å². The van der Waals surface area contributed by atoms with Crippen molar-refractivity contribution in [2.24, 2.45) is 0 Å². The minimum Gasteiger partial charge on any atom is -0.469 e. The molecule has 1 aromatic rings. The van der Waals surface area contributed by atoms with Gasteiger partial charge in [0.1, 0.15) is 6.10 Å². The number of ether oxygens (including phenoxy) is 2. The van der Waals surface area contributed by atoms with E-state index in [9.17, 15) is 13.2 Å². The smallest absolute Gasteiger partial charge is 0.433 e. The van der Waals surface area contributed by atoms with E-state index in [1.165, 1.54) is 0 Å². The molecular formula is C8H8F3N3O2. The third-order valence-corrected chi connectivity index (χ3v) is 1.91. The molecule has 8 heteroatoms. The first kappa shape index (κ1) is 10.9. The third kappa shape index (κ3) is 2.32. The maximum atomic E-state index is 12.4. The van der Waals surface area contributed by atoms with Crippen molar-refractivity contribution in [3.63, 3.8) is 0 Å². The van der Waals surface area contributed by atoms with Crippen LogP contribution >= 0.6 is 0 Å². The molecule has 2 N–H and O–H groups in total. The SMILES string of the molecule is Nc1nc(OC2COC2)cc(C(F)(F)F)n1. The van der Waals surface area contributed by atoms with Gasteiger partial charge in [0.2, 0.25) is 11.8 Å². The van der Waals surface area contributed by atoms with Gasteiger partial charge < -0.3 is 15.2 Å². The molecule has 5 nitrogen and oxygen atoms in total. The van der Waals surface area contributed by atoms with Gasteiger partial charge in [-0.25, -0.2) is 4.98 Å². The van der Waals surface area contributed by atoms with Gasteiger partial charge in [0.15, 0.2) is 5.69 Å². The van der Waals surface area contributed by atoms with Gasteiger partial charge in [0, 0.05) is 6.07 Å². The first-order valence-electron chi connectivity index (χ1n) is 4.41. The van der Waals surface area contributed by atoms with Crippen molar-refractivity contribution in [2.45, 2.75) is 12.3 Å². The number of nitrogens with two attached hydrogens (primary N) is 1. The summed E-state index contributed by atoms with van der Waals surface area (Å²) < 4.78 is 47.0. The van der Waals surface area contributed by atoms with Crippen molar-refractivity contribution >= 4 is 5.95 Å². The number of aromatic nitrogens is 2. The summed E-state index contributed by atoms with van der Waals surface area (Å²) in [6.07, 6.45) is -4.83. The Morgan fingerprint density at radius 1 is 1.38 bits per heavy atom. The molecule has 0 amide bonds. The van der Waals surface area contributed by atoms with E-state index < -0.39 is 17.8 Å². The van der Waals surface area contributed by atoms with Crippen LogP contribution < -0.4 is 10.5 Å². The summed E-state index contributed by atoms with van der Waals surface area (Å²) in [4.78, 5) is 6.64. The number of nitrogens with zero attached hydrogens (tertiary/aromatic N) is 2. The zero-order chi connectivity index (χ0) is 11.8. The second-order valence-corrected chi connectivity index (χ2v) is 3.22. The molecule has 0 bridgehead atoms. The van der Waals surface area contributed by atoms with Gasteiger partial charge in [0.05, 0.1) is 13.2 Å². The number of rotatable bonds is 2. The van der Waals surface area contributed by atoms with Crippen molar-refractivity contribution in [3.05, 3.63) is 11.8 Å². The zero-order valence-corrected chi connectivity index (χ0v) is 7.99. The van der Waals surface area contributed by atoms with Gasteiger partial charge in [0.25, 0.3) is 0 Å². The van der Waals surface area contributed by atoms with Crippen LogP contribution in [-0.2, 0) is 10.9 Å². The van der Waals surface area contributed by atoms with Crippen LogP contribution in [0.1, 0.15) is 5.69 Å². The normalized spacial score (nSPS) is 16.9. The summed E-state index contributed by atoms with van der Waals surface area (Å²) in [6, 6.07) is 0.717. The Labute approximate surface area is 88.4 Å². The van der Waals surface area contributed by atoms with Gasteiger partial charge in [-0.1, -0.05) is 0 Å². The Morgan fingerprint density at radius 2 is 2.06 bits per heavy atom. The van der Waals surface area contributed by atoms with Crippen LogP contribution in [0.2, 0.25) is 0 Å². The van der Waals surface area contributed by atoms with Crippen molar-refractivity contribution in [1.29, 1.82) is 0 Å². The van der Waals surface area contributed by atoms with Gasteiger partial charge in [-0.15, -0.1) is 0 Å². The topological polar surface area (TPSA) is 70.3 Å². The summed E-state index contributed by atoms with van der Waals surface area (Å²) in [5, 5.41) is 0. The largest absolute Gasteiger partial charge is 0.469 e. The summed E-state index contributed by atoms with van der Waals surface area (Å²) in [7, 11) is 0. The highest BCUT2D eigenvalue weighted by atomic mass is 19.4. The highest BCUT2D eigenvalue weighted by Crippen LogP contribution is 2.30. The van der Waals surface area contributed by atoms with Gasteiger partial charge in [-0.05, 0) is 0 Å². The van der Waals surface area contributed by atoms with Crippen molar-refractivity contribution in [2.75, 3.05) is 18.9 Å². The molecule has 0 saturated carbocycles. The van der Waals surface area contributed by atoms with E-state index in [2.05, 4.69) is 9.97 Å². The fourth-order valence-corrected chi connectivity index (χ4v) is 1.10. The molecule has 16 heavy (non-hydrogen) atoms. The van der Waals surface area contributed by atoms with Crippen LogP contribution in [-0.4, -0.2) is 29.3 Å². The fourth-order valence-electron chi connectivity index (χ4n) is 1.10. The molecule has 0 aliphatic carbocycles. The Hall–Kier alpha value is -1.57. The predicted molar refractivity (Wildman–Crippen MR) is 46.7 cm³/mol. The van der Waals surface area contributed by atoms with Crippen molar-refractivity contribution in [3.8, 4) is 5.88 Å². The molecule has 1 saturated heterocycles. The Kier molecular flexibility index (Phi) is 2.58. The average Bonchev–Trinajstić information content (AvgIpc) is 2.09. The molecule has 0 radical (unpaired) electrons. The first-order valence-corrected chi connectivity index (χ1v) is 4.41. The minimum absolute atomic E-state index is 0.187. The fraction of sp³-hybridized carbons (Fsp3) is 0.500. The van der Waals surface area contributed by atoms with Crippen LogP contribution in [0.25, 0.3) is 0 Å². The van der Waals surface area contributed by atoms with E-state index in [1.807, 2.05) is 0 Å². The maximum Gasteiger partial charge on any atom is 0.433 e. The summed E-state index contributed by atoms with van der Waals surface area (Å²) >= 11 is 0. The second kappa shape index (κ2) is 3.78. The number of halogens is 3. The molecule has 0 atom stereocenters. The Bertz CT molecular complexity index is 393. The monoisotopic (exact) mass is 235 g/mol. The zero-order valence-electron chi connectivity index (χ0n) is 7.99. The van der Waals surface area contributed by atoms with Gasteiger partial charge in [-0.2, -0.15) is 18.2 Å². The molecule has 0 unspecified atom stereocenters. The summed E-state index contributed by atoms with van der Waals surface area (Å²) in [5.41, 5.74) is 4.04. The lowest BCUT2D eigenvalue weighted by Gasteiger charge is -2.26. The van der Waals surface area contributed by atoms with E-state index in [4.69, 9.17) is 15.2 Å². The highest BCUT2D eigenvalue weighted by Gasteiger charge is 2.34. The number of nitrogen functional groups attached to an aromatic ring is 1. The molecule has 2 heterocycles. The van der Waals surface area contributed by atoms with Crippen LogP contribution in [0.5, 0.6) is 5.88 Å². The summed E-state index contributed by atoms with van der Waals surface area (Å²) in [6.45, 7) is 0.677. The quantitative estimate of drug-likeness (QED) is 0.823. The predicted octanol–water partition coefficient (Wildman–Crippen LogP) is 0.855. The van der Waals surface area contributed by atoms with Crippen molar-refractivity contribution < 1.29 is 22.6 Å².